The number of fused-ring (bicyclic) bond motifs is 2. The number of pyridine rings is 1. The lowest BCUT2D eigenvalue weighted by Gasteiger charge is -2.29. The molecule has 2 heterocycles. The minimum Gasteiger partial charge on any atom is -0.496 e. The zero-order chi connectivity index (χ0) is 24.9. The highest BCUT2D eigenvalue weighted by Gasteiger charge is 2.21. The summed E-state index contributed by atoms with van der Waals surface area (Å²) in [5.41, 5.74) is 4.85. The third kappa shape index (κ3) is 5.07. The maximum absolute atomic E-state index is 5.65. The fourth-order valence-corrected chi connectivity index (χ4v) is 5.03. The molecule has 0 aliphatic rings. The van der Waals surface area contributed by atoms with Crippen LogP contribution in [0, 0.1) is 0 Å². The fraction of sp³-hybridized carbons (Fsp3) is 0.258. The van der Waals surface area contributed by atoms with E-state index in [0.29, 0.717) is 0 Å². The van der Waals surface area contributed by atoms with Crippen molar-refractivity contribution < 1.29 is 4.74 Å². The number of aromatic amines is 1. The number of rotatable bonds is 10. The molecule has 3 aromatic carbocycles. The molecule has 36 heavy (non-hydrogen) atoms. The highest BCUT2D eigenvalue weighted by atomic mass is 16.5. The van der Waals surface area contributed by atoms with Crippen LogP contribution in [0.1, 0.15) is 23.6 Å². The molecular formula is C31H34N4O. The van der Waals surface area contributed by atoms with Gasteiger partial charge in [-0.3, -0.25) is 4.90 Å². The Morgan fingerprint density at radius 2 is 1.58 bits per heavy atom. The second-order valence-electron chi connectivity index (χ2n) is 9.45. The Bertz CT molecular complexity index is 1430. The second kappa shape index (κ2) is 10.8. The first-order chi connectivity index (χ1) is 17.6. The summed E-state index contributed by atoms with van der Waals surface area (Å²) in [6.45, 7) is 1.89. The van der Waals surface area contributed by atoms with Crippen molar-refractivity contribution >= 4 is 27.6 Å². The molecule has 0 aliphatic carbocycles. The first kappa shape index (κ1) is 23.9. The Balaban J connectivity index is 1.31. The minimum absolute atomic E-state index is 0.285. The molecule has 1 atom stereocenters. The van der Waals surface area contributed by atoms with E-state index in [-0.39, 0.29) is 6.04 Å². The van der Waals surface area contributed by atoms with Crippen LogP contribution in [0.3, 0.4) is 0 Å². The van der Waals surface area contributed by atoms with Gasteiger partial charge in [0.25, 0.3) is 0 Å². The van der Waals surface area contributed by atoms with E-state index in [2.05, 4.69) is 95.7 Å². The average molecular weight is 479 g/mol. The Morgan fingerprint density at radius 3 is 2.39 bits per heavy atom. The number of hydrogen-bond donors (Lipinski definition) is 1. The van der Waals surface area contributed by atoms with Gasteiger partial charge < -0.3 is 14.6 Å². The molecule has 5 rings (SSSR count). The van der Waals surface area contributed by atoms with Crippen molar-refractivity contribution in [3.05, 3.63) is 102 Å². The molecule has 0 radical (unpaired) electrons. The van der Waals surface area contributed by atoms with Crippen LogP contribution in [0.25, 0.3) is 21.8 Å². The summed E-state index contributed by atoms with van der Waals surface area (Å²) < 4.78 is 5.65. The minimum atomic E-state index is 0.285. The van der Waals surface area contributed by atoms with Crippen LogP contribution < -0.4 is 9.64 Å². The zero-order valence-electron chi connectivity index (χ0n) is 21.3. The average Bonchev–Trinajstić information content (AvgIpc) is 3.35. The van der Waals surface area contributed by atoms with Crippen LogP contribution in [0.5, 0.6) is 5.75 Å². The lowest BCUT2D eigenvalue weighted by Crippen LogP contribution is -2.30. The maximum Gasteiger partial charge on any atom is 0.132 e. The molecule has 0 amide bonds. The van der Waals surface area contributed by atoms with Gasteiger partial charge in [-0.25, -0.2) is 4.98 Å². The Morgan fingerprint density at radius 1 is 0.861 bits per heavy atom. The van der Waals surface area contributed by atoms with Crippen molar-refractivity contribution in [2.45, 2.75) is 18.9 Å². The lowest BCUT2D eigenvalue weighted by atomic mass is 9.97. The van der Waals surface area contributed by atoms with Crippen LogP contribution in [0.2, 0.25) is 0 Å². The predicted octanol–water partition coefficient (Wildman–Crippen LogP) is 6.47. The highest BCUT2D eigenvalue weighted by Crippen LogP contribution is 2.31. The van der Waals surface area contributed by atoms with E-state index >= 15 is 0 Å². The summed E-state index contributed by atoms with van der Waals surface area (Å²) in [5, 5.41) is 2.34. The molecule has 0 fully saturated rings. The first-order valence-corrected chi connectivity index (χ1v) is 12.6. The van der Waals surface area contributed by atoms with Crippen molar-refractivity contribution in [2.75, 3.05) is 39.2 Å². The smallest absolute Gasteiger partial charge is 0.132 e. The lowest BCUT2D eigenvalue weighted by molar-refractivity contribution is 0.242. The monoisotopic (exact) mass is 478 g/mol. The normalized spacial score (nSPS) is 12.3. The van der Waals surface area contributed by atoms with E-state index in [1.165, 1.54) is 22.0 Å². The summed E-state index contributed by atoms with van der Waals surface area (Å²) in [6, 6.07) is 29.8. The summed E-state index contributed by atoms with van der Waals surface area (Å²) >= 11 is 0. The molecule has 2 aromatic heterocycles. The molecule has 1 N–H and O–H groups in total. The number of anilines is 1. The van der Waals surface area contributed by atoms with Gasteiger partial charge >= 0.3 is 0 Å². The second-order valence-corrected chi connectivity index (χ2v) is 9.45. The standard InChI is InChI=1S/C31H34N4O/c1-34(18-11-19-35(2)31-21-30(36-3)25-15-8-10-17-28(25)33-31)29(20-23-12-5-4-6-13-23)26-22-32-27-16-9-7-14-24(26)27/h4-10,12-17,21-22,29,32H,11,18-20H2,1-3H3. The molecule has 0 saturated heterocycles. The topological polar surface area (TPSA) is 44.4 Å². The first-order valence-electron chi connectivity index (χ1n) is 12.6. The zero-order valence-corrected chi connectivity index (χ0v) is 21.3. The molecule has 0 saturated carbocycles. The van der Waals surface area contributed by atoms with Crippen LogP contribution in [-0.2, 0) is 6.42 Å². The van der Waals surface area contributed by atoms with Gasteiger partial charge in [-0.1, -0.05) is 60.7 Å². The van der Waals surface area contributed by atoms with E-state index in [9.17, 15) is 0 Å². The number of H-pyrrole nitrogens is 1. The van der Waals surface area contributed by atoms with Crippen LogP contribution >= 0.6 is 0 Å². The Hall–Kier alpha value is -3.83. The van der Waals surface area contributed by atoms with E-state index in [0.717, 1.165) is 48.4 Å². The third-order valence-corrected chi connectivity index (χ3v) is 7.06. The van der Waals surface area contributed by atoms with Crippen molar-refractivity contribution in [1.29, 1.82) is 0 Å². The SMILES string of the molecule is COc1cc(N(C)CCCN(C)C(Cc2ccccc2)c2c[nH]c3ccccc23)nc2ccccc12. The van der Waals surface area contributed by atoms with E-state index in [4.69, 9.17) is 9.72 Å². The summed E-state index contributed by atoms with van der Waals surface area (Å²) in [5.74, 6) is 1.80. The number of aromatic nitrogens is 2. The van der Waals surface area contributed by atoms with Gasteiger partial charge in [0.05, 0.1) is 12.6 Å². The number of nitrogens with zero attached hydrogens (tertiary/aromatic N) is 3. The van der Waals surface area contributed by atoms with E-state index in [1.807, 2.05) is 24.3 Å². The number of methoxy groups -OCH3 is 1. The molecule has 5 heteroatoms. The van der Waals surface area contributed by atoms with Crippen LogP contribution in [0.4, 0.5) is 5.82 Å². The quantitative estimate of drug-likeness (QED) is 0.250. The van der Waals surface area contributed by atoms with Crippen LogP contribution in [-0.4, -0.2) is 49.2 Å². The van der Waals surface area contributed by atoms with Crippen molar-refractivity contribution in [2.24, 2.45) is 0 Å². The van der Waals surface area contributed by atoms with E-state index < -0.39 is 0 Å². The van der Waals surface area contributed by atoms with Gasteiger partial charge in [0, 0.05) is 54.7 Å². The molecule has 5 aromatic rings. The van der Waals surface area contributed by atoms with Crippen molar-refractivity contribution in [3.8, 4) is 5.75 Å². The number of para-hydroxylation sites is 2. The number of likely N-dealkylation sites (N-methyl/N-ethyl adjacent to an activating group) is 1. The summed E-state index contributed by atoms with van der Waals surface area (Å²) in [7, 11) is 6.07. The molecule has 0 spiro atoms. The number of ether oxygens (including phenoxy) is 1. The number of benzene rings is 3. The largest absolute Gasteiger partial charge is 0.496 e. The molecule has 5 nitrogen and oxygen atoms in total. The Labute approximate surface area is 213 Å². The summed E-state index contributed by atoms with van der Waals surface area (Å²) in [4.78, 5) is 13.1. The van der Waals surface area contributed by atoms with Gasteiger partial charge in [-0.2, -0.15) is 0 Å². The Kier molecular flexibility index (Phi) is 7.19. The maximum atomic E-state index is 5.65. The molecular weight excluding hydrogens is 444 g/mol. The van der Waals surface area contributed by atoms with Crippen molar-refractivity contribution in [3.63, 3.8) is 0 Å². The molecule has 0 aliphatic heterocycles. The molecule has 1 unspecified atom stereocenters. The van der Waals surface area contributed by atoms with Gasteiger partial charge in [0.15, 0.2) is 0 Å². The van der Waals surface area contributed by atoms with Crippen molar-refractivity contribution in [1.82, 2.24) is 14.9 Å². The van der Waals surface area contributed by atoms with Gasteiger partial charge in [-0.05, 0) is 49.2 Å². The number of nitrogens with one attached hydrogen (secondary N) is 1. The predicted molar refractivity (Wildman–Crippen MR) is 150 cm³/mol. The van der Waals surface area contributed by atoms with Crippen LogP contribution in [0.15, 0.2) is 91.1 Å². The molecule has 184 valence electrons. The number of hydrogen-bond acceptors (Lipinski definition) is 4. The van der Waals surface area contributed by atoms with Gasteiger partial charge in [0.2, 0.25) is 0 Å². The highest BCUT2D eigenvalue weighted by molar-refractivity contribution is 5.87. The van der Waals surface area contributed by atoms with E-state index in [1.54, 1.807) is 7.11 Å². The summed E-state index contributed by atoms with van der Waals surface area (Å²) in [6.07, 6.45) is 4.18. The fourth-order valence-electron chi connectivity index (χ4n) is 5.03. The molecule has 0 bridgehead atoms. The van der Waals surface area contributed by atoms with Gasteiger partial charge in [0.1, 0.15) is 11.6 Å². The third-order valence-electron chi connectivity index (χ3n) is 7.06. The van der Waals surface area contributed by atoms with Gasteiger partial charge in [-0.15, -0.1) is 0 Å².